The van der Waals surface area contributed by atoms with Crippen LogP contribution in [0.25, 0.3) is 0 Å². The quantitative estimate of drug-likeness (QED) is 0.805. The van der Waals surface area contributed by atoms with Crippen LogP contribution in [0.3, 0.4) is 0 Å². The van der Waals surface area contributed by atoms with Gasteiger partial charge in [-0.3, -0.25) is 0 Å². The van der Waals surface area contributed by atoms with Gasteiger partial charge in [0, 0.05) is 18.4 Å². The summed E-state index contributed by atoms with van der Waals surface area (Å²) in [6.07, 6.45) is 1.47. The van der Waals surface area contributed by atoms with Crippen LogP contribution in [0, 0.1) is 5.92 Å². The third-order valence-corrected chi connectivity index (χ3v) is 1.80. The molecule has 4 nitrogen and oxygen atoms in total. The van der Waals surface area contributed by atoms with E-state index >= 15 is 0 Å². The third-order valence-electron chi connectivity index (χ3n) is 1.80. The molecule has 0 bridgehead atoms. The van der Waals surface area contributed by atoms with Crippen LogP contribution in [-0.4, -0.2) is 22.7 Å². The second-order valence-corrected chi connectivity index (χ2v) is 3.73. The third kappa shape index (κ3) is 3.67. The molecule has 0 fully saturated rings. The minimum absolute atomic E-state index is 0.0706. The second kappa shape index (κ2) is 5.46. The van der Waals surface area contributed by atoms with Gasteiger partial charge in [0.25, 0.3) is 0 Å². The zero-order valence-electron chi connectivity index (χ0n) is 8.93. The first-order valence-corrected chi connectivity index (χ1v) is 4.86. The van der Waals surface area contributed by atoms with Gasteiger partial charge in [-0.05, 0) is 12.0 Å². The predicted molar refractivity (Wildman–Crippen MR) is 55.7 cm³/mol. The van der Waals surface area contributed by atoms with E-state index in [2.05, 4.69) is 4.98 Å². The Bertz CT molecular complexity index is 336. The Morgan fingerprint density at radius 3 is 2.93 bits per heavy atom. The highest BCUT2D eigenvalue weighted by Crippen LogP contribution is 2.07. The lowest BCUT2D eigenvalue weighted by molar-refractivity contribution is 0.0674. The monoisotopic (exact) mass is 209 g/mol. The van der Waals surface area contributed by atoms with Gasteiger partial charge in [0.05, 0.1) is 6.61 Å². The summed E-state index contributed by atoms with van der Waals surface area (Å²) in [6, 6.07) is 3.43. The van der Waals surface area contributed by atoms with Gasteiger partial charge in [-0.15, -0.1) is 0 Å². The maximum atomic E-state index is 10.8. The van der Waals surface area contributed by atoms with E-state index in [1.807, 2.05) is 13.8 Å². The highest BCUT2D eigenvalue weighted by Gasteiger charge is 2.10. The minimum atomic E-state index is -1.02. The number of rotatable bonds is 5. The average Bonchev–Trinajstić information content (AvgIpc) is 2.17. The molecule has 0 aliphatic carbocycles. The van der Waals surface area contributed by atoms with E-state index in [0.29, 0.717) is 24.7 Å². The van der Waals surface area contributed by atoms with E-state index in [-0.39, 0.29) is 5.69 Å². The van der Waals surface area contributed by atoms with Crippen molar-refractivity contribution in [1.29, 1.82) is 0 Å². The molecule has 0 aliphatic heterocycles. The van der Waals surface area contributed by atoms with Crippen LogP contribution in [0.1, 0.15) is 29.9 Å². The summed E-state index contributed by atoms with van der Waals surface area (Å²) < 4.78 is 5.37. The molecule has 0 saturated carbocycles. The van der Waals surface area contributed by atoms with Crippen molar-refractivity contribution in [2.75, 3.05) is 6.61 Å². The van der Waals surface area contributed by atoms with Gasteiger partial charge in [-0.25, -0.2) is 9.78 Å². The van der Waals surface area contributed by atoms with E-state index < -0.39 is 5.97 Å². The molecule has 0 spiro atoms. The van der Waals surface area contributed by atoms with Crippen LogP contribution in [-0.2, 0) is 11.3 Å². The smallest absolute Gasteiger partial charge is 0.354 e. The van der Waals surface area contributed by atoms with E-state index in [1.165, 1.54) is 6.20 Å². The molecule has 15 heavy (non-hydrogen) atoms. The standard InChI is InChI=1S/C11H15NO3/c1-8(2)6-15-7-9-4-3-5-12-10(9)11(13)14/h3-5,8H,6-7H2,1-2H3,(H,13,14). The Balaban J connectivity index is 2.63. The molecule has 0 saturated heterocycles. The summed E-state index contributed by atoms with van der Waals surface area (Å²) in [5.41, 5.74) is 0.687. The first-order chi connectivity index (χ1) is 7.11. The van der Waals surface area contributed by atoms with E-state index in [4.69, 9.17) is 9.84 Å². The molecule has 0 radical (unpaired) electrons. The topological polar surface area (TPSA) is 59.4 Å². The molecule has 0 aromatic carbocycles. The first-order valence-electron chi connectivity index (χ1n) is 4.86. The van der Waals surface area contributed by atoms with Crippen molar-refractivity contribution in [3.05, 3.63) is 29.6 Å². The van der Waals surface area contributed by atoms with E-state index in [0.717, 1.165) is 0 Å². The Hall–Kier alpha value is -1.42. The highest BCUT2D eigenvalue weighted by molar-refractivity contribution is 5.86. The van der Waals surface area contributed by atoms with Crippen molar-refractivity contribution in [1.82, 2.24) is 4.98 Å². The fraction of sp³-hybridized carbons (Fsp3) is 0.455. The summed E-state index contributed by atoms with van der Waals surface area (Å²) >= 11 is 0. The molecule has 82 valence electrons. The van der Waals surface area contributed by atoms with Gasteiger partial charge >= 0.3 is 5.97 Å². The largest absolute Gasteiger partial charge is 0.477 e. The van der Waals surface area contributed by atoms with Crippen LogP contribution in [0.5, 0.6) is 0 Å². The number of hydrogen-bond donors (Lipinski definition) is 1. The lowest BCUT2D eigenvalue weighted by Gasteiger charge is -2.08. The minimum Gasteiger partial charge on any atom is -0.477 e. The Kier molecular flexibility index (Phi) is 4.24. The molecule has 1 heterocycles. The van der Waals surface area contributed by atoms with Crippen molar-refractivity contribution in [2.45, 2.75) is 20.5 Å². The van der Waals surface area contributed by atoms with Crippen LogP contribution in [0.15, 0.2) is 18.3 Å². The number of ether oxygens (including phenoxy) is 1. The summed E-state index contributed by atoms with van der Waals surface area (Å²) in [5.74, 6) is -0.575. The number of carboxylic acid groups (broad SMARTS) is 1. The summed E-state index contributed by atoms with van der Waals surface area (Å²) in [7, 11) is 0. The Morgan fingerprint density at radius 1 is 1.60 bits per heavy atom. The fourth-order valence-corrected chi connectivity index (χ4v) is 1.15. The molecular formula is C11H15NO3. The van der Waals surface area contributed by atoms with Gasteiger partial charge in [0.2, 0.25) is 0 Å². The average molecular weight is 209 g/mol. The number of nitrogens with zero attached hydrogens (tertiary/aromatic N) is 1. The molecule has 1 aromatic heterocycles. The van der Waals surface area contributed by atoms with Crippen molar-refractivity contribution >= 4 is 5.97 Å². The number of carbonyl (C=O) groups is 1. The SMILES string of the molecule is CC(C)COCc1cccnc1C(=O)O. The van der Waals surface area contributed by atoms with Crippen molar-refractivity contribution in [3.63, 3.8) is 0 Å². The second-order valence-electron chi connectivity index (χ2n) is 3.73. The lowest BCUT2D eigenvalue weighted by Crippen LogP contribution is -2.08. The number of carboxylic acids is 1. The van der Waals surface area contributed by atoms with E-state index in [9.17, 15) is 4.79 Å². The van der Waals surface area contributed by atoms with Crippen molar-refractivity contribution in [3.8, 4) is 0 Å². The van der Waals surface area contributed by atoms with Gasteiger partial charge in [-0.1, -0.05) is 19.9 Å². The highest BCUT2D eigenvalue weighted by atomic mass is 16.5. The van der Waals surface area contributed by atoms with Crippen LogP contribution < -0.4 is 0 Å². The predicted octanol–water partition coefficient (Wildman–Crippen LogP) is 1.95. The van der Waals surface area contributed by atoms with Crippen LogP contribution >= 0.6 is 0 Å². The van der Waals surface area contributed by atoms with Gasteiger partial charge in [-0.2, -0.15) is 0 Å². The summed E-state index contributed by atoms with van der Waals surface area (Å²) in [6.45, 7) is 5.00. The van der Waals surface area contributed by atoms with Gasteiger partial charge in [0.15, 0.2) is 5.69 Å². The van der Waals surface area contributed by atoms with Crippen molar-refractivity contribution in [2.24, 2.45) is 5.92 Å². The van der Waals surface area contributed by atoms with Gasteiger partial charge < -0.3 is 9.84 Å². The summed E-state index contributed by atoms with van der Waals surface area (Å²) in [4.78, 5) is 14.6. The summed E-state index contributed by atoms with van der Waals surface area (Å²) in [5, 5.41) is 8.86. The van der Waals surface area contributed by atoms with E-state index in [1.54, 1.807) is 12.1 Å². The molecule has 4 heteroatoms. The normalized spacial score (nSPS) is 10.6. The molecule has 1 aromatic rings. The fourth-order valence-electron chi connectivity index (χ4n) is 1.15. The zero-order chi connectivity index (χ0) is 11.3. The number of hydrogen-bond acceptors (Lipinski definition) is 3. The Labute approximate surface area is 88.9 Å². The van der Waals surface area contributed by atoms with Crippen LogP contribution in [0.2, 0.25) is 0 Å². The lowest BCUT2D eigenvalue weighted by atomic mass is 10.2. The molecule has 0 atom stereocenters. The molecule has 1 rings (SSSR count). The number of aromatic carboxylic acids is 1. The number of pyridine rings is 1. The molecule has 0 aliphatic rings. The zero-order valence-corrected chi connectivity index (χ0v) is 8.93. The maximum Gasteiger partial charge on any atom is 0.354 e. The van der Waals surface area contributed by atoms with Crippen molar-refractivity contribution < 1.29 is 14.6 Å². The first kappa shape index (κ1) is 11.7. The molecule has 0 amide bonds. The Morgan fingerprint density at radius 2 is 2.33 bits per heavy atom. The van der Waals surface area contributed by atoms with Gasteiger partial charge in [0.1, 0.15) is 0 Å². The van der Waals surface area contributed by atoms with Crippen LogP contribution in [0.4, 0.5) is 0 Å². The molecule has 0 unspecified atom stereocenters. The molecule has 1 N–H and O–H groups in total. The molecular weight excluding hydrogens is 194 g/mol. The number of aromatic nitrogens is 1. The maximum absolute atomic E-state index is 10.8.